The fourth-order valence-corrected chi connectivity index (χ4v) is 1.71. The molecule has 1 unspecified atom stereocenters. The van der Waals surface area contributed by atoms with Crippen LogP contribution in [0.5, 0.6) is 0 Å². The molecule has 2 heteroatoms. The molecule has 0 saturated carbocycles. The first-order valence-corrected chi connectivity index (χ1v) is 5.69. The average molecular weight is 220 g/mol. The lowest BCUT2D eigenvalue weighted by Crippen LogP contribution is -1.99. The topological polar surface area (TPSA) is 52.0 Å². The fraction of sp³-hybridized carbons (Fsp3) is 0.429. The number of hydrogen-bond donors (Lipinski definition) is 2. The summed E-state index contributed by atoms with van der Waals surface area (Å²) >= 11 is 0. The van der Waals surface area contributed by atoms with Gasteiger partial charge in [0.1, 0.15) is 0 Å². The molecule has 90 valence electrons. The van der Waals surface area contributed by atoms with Crippen LogP contribution in [0.2, 0.25) is 0 Å². The molecule has 0 aliphatic rings. The highest BCUT2D eigenvalue weighted by atomic mass is 14.5. The van der Waals surface area contributed by atoms with Gasteiger partial charge in [-0.2, -0.15) is 0 Å². The van der Waals surface area contributed by atoms with Gasteiger partial charge < -0.3 is 11.5 Å². The largest absolute Gasteiger partial charge is 0.405 e. The maximum absolute atomic E-state index is 5.73. The zero-order valence-corrected chi connectivity index (χ0v) is 10.6. The molecule has 1 aromatic rings. The van der Waals surface area contributed by atoms with E-state index in [1.54, 1.807) is 0 Å². The zero-order chi connectivity index (χ0) is 12.6. The summed E-state index contributed by atoms with van der Waals surface area (Å²) in [5.74, 6) is 1.36. The maximum Gasteiger partial charge on any atom is 0.0316 e. The van der Waals surface area contributed by atoms with E-state index in [9.17, 15) is 0 Å². The quantitative estimate of drug-likeness (QED) is 0.766. The number of hydrogen-bond acceptors (Lipinski definition) is 2. The summed E-state index contributed by atoms with van der Waals surface area (Å²) in [4.78, 5) is 0. The van der Waals surface area contributed by atoms with E-state index in [-0.39, 0.29) is 0 Å². The van der Waals surface area contributed by atoms with Crippen LogP contribution in [0.4, 0.5) is 5.69 Å². The van der Waals surface area contributed by atoms with Gasteiger partial charge in [0.2, 0.25) is 0 Å². The van der Waals surface area contributed by atoms with Gasteiger partial charge in [-0.05, 0) is 42.2 Å². The highest BCUT2D eigenvalue weighted by molar-refractivity contribution is 5.41. The van der Waals surface area contributed by atoms with Crippen molar-refractivity contribution >= 4 is 5.69 Å². The van der Waals surface area contributed by atoms with E-state index in [0.29, 0.717) is 5.92 Å². The summed E-state index contributed by atoms with van der Waals surface area (Å²) < 4.78 is 0. The zero-order valence-electron chi connectivity index (χ0n) is 10.6. The van der Waals surface area contributed by atoms with Crippen molar-refractivity contribution < 1.29 is 0 Å². The van der Waals surface area contributed by atoms with E-state index in [1.807, 2.05) is 12.1 Å². The van der Waals surface area contributed by atoms with Crippen LogP contribution in [0.15, 0.2) is 37.0 Å². The molecule has 1 rings (SSSR count). The minimum atomic E-state index is 0.614. The van der Waals surface area contributed by atoms with Crippen LogP contribution < -0.4 is 11.5 Å². The van der Waals surface area contributed by atoms with Crippen molar-refractivity contribution in [1.29, 1.82) is 0 Å². The second-order valence-corrected chi connectivity index (χ2v) is 4.44. The minimum absolute atomic E-state index is 0.614. The Morgan fingerprint density at radius 1 is 1.31 bits per heavy atom. The van der Waals surface area contributed by atoms with Crippen LogP contribution in [0.1, 0.15) is 38.7 Å². The average Bonchev–Trinajstić information content (AvgIpc) is 2.18. The summed E-state index contributed by atoms with van der Waals surface area (Å²) in [5, 5.41) is 0. The highest BCUT2D eigenvalue weighted by Gasteiger charge is 2.07. The molecule has 0 bridgehead atoms. The van der Waals surface area contributed by atoms with Crippen LogP contribution in [0, 0.1) is 5.92 Å². The molecule has 0 saturated heterocycles. The summed E-state index contributed by atoms with van der Waals surface area (Å²) in [6.07, 6.45) is 2.48. The van der Waals surface area contributed by atoms with Crippen LogP contribution >= 0.6 is 0 Å². The number of nitrogens with two attached hydrogens (primary N) is 2. The summed E-state index contributed by atoms with van der Waals surface area (Å²) in [6.45, 7) is 9.90. The molecule has 0 aliphatic carbocycles. The normalized spacial score (nSPS) is 11.5. The van der Waals surface area contributed by atoms with E-state index in [2.05, 4.69) is 45.2 Å². The van der Waals surface area contributed by atoms with E-state index < -0.39 is 0 Å². The van der Waals surface area contributed by atoms with Gasteiger partial charge in [0.15, 0.2) is 0 Å². The van der Waals surface area contributed by atoms with Crippen LogP contribution in [0.3, 0.4) is 0 Å². The third kappa shape index (κ3) is 6.12. The van der Waals surface area contributed by atoms with Gasteiger partial charge in [0.25, 0.3) is 0 Å². The number of rotatable bonds is 3. The molecule has 1 atom stereocenters. The van der Waals surface area contributed by atoms with Crippen molar-refractivity contribution in [3.63, 3.8) is 0 Å². The Kier molecular flexibility index (Phi) is 7.10. The van der Waals surface area contributed by atoms with Crippen molar-refractivity contribution in [3.8, 4) is 0 Å². The van der Waals surface area contributed by atoms with Crippen molar-refractivity contribution in [2.45, 2.75) is 33.1 Å². The molecule has 0 spiro atoms. The molecule has 4 N–H and O–H groups in total. The molecule has 0 radical (unpaired) electrons. The van der Waals surface area contributed by atoms with Gasteiger partial charge in [-0.15, -0.1) is 0 Å². The lowest BCUT2D eigenvalue weighted by atomic mass is 9.92. The third-order valence-corrected chi connectivity index (χ3v) is 2.30. The van der Waals surface area contributed by atoms with E-state index in [0.717, 1.165) is 11.6 Å². The van der Waals surface area contributed by atoms with Gasteiger partial charge >= 0.3 is 0 Å². The van der Waals surface area contributed by atoms with Gasteiger partial charge in [-0.25, -0.2) is 0 Å². The van der Waals surface area contributed by atoms with E-state index >= 15 is 0 Å². The number of nitrogen functional groups attached to an aromatic ring is 1. The van der Waals surface area contributed by atoms with Gasteiger partial charge in [0, 0.05) is 5.69 Å². The lowest BCUT2D eigenvalue weighted by Gasteiger charge is -2.14. The smallest absolute Gasteiger partial charge is 0.0316 e. The first-order valence-electron chi connectivity index (χ1n) is 5.69. The van der Waals surface area contributed by atoms with Gasteiger partial charge in [0.05, 0.1) is 0 Å². The lowest BCUT2D eigenvalue weighted by molar-refractivity contribution is 0.524. The van der Waals surface area contributed by atoms with E-state index in [4.69, 9.17) is 5.73 Å². The molecular weight excluding hydrogens is 196 g/mol. The van der Waals surface area contributed by atoms with Crippen molar-refractivity contribution in [1.82, 2.24) is 0 Å². The Bertz CT molecular complexity index is 305. The molecule has 16 heavy (non-hydrogen) atoms. The molecule has 1 aromatic carbocycles. The summed E-state index contributed by atoms with van der Waals surface area (Å²) in [5.41, 5.74) is 12.6. The predicted molar refractivity (Wildman–Crippen MR) is 73.1 cm³/mol. The summed E-state index contributed by atoms with van der Waals surface area (Å²) in [6, 6.07) is 8.20. The van der Waals surface area contributed by atoms with Crippen LogP contribution in [-0.4, -0.2) is 0 Å². The van der Waals surface area contributed by atoms with Crippen LogP contribution in [0.25, 0.3) is 0 Å². The first kappa shape index (κ1) is 14.6. The molecule has 0 aromatic heterocycles. The molecule has 0 fully saturated rings. The highest BCUT2D eigenvalue weighted by Crippen LogP contribution is 2.24. The molecule has 2 nitrogen and oxygen atoms in total. The second-order valence-electron chi connectivity index (χ2n) is 4.44. The first-order chi connectivity index (χ1) is 7.51. The number of anilines is 1. The summed E-state index contributed by atoms with van der Waals surface area (Å²) in [7, 11) is 0. The molecule has 0 amide bonds. The Balaban J connectivity index is 0.000000673. The van der Waals surface area contributed by atoms with Crippen LogP contribution in [-0.2, 0) is 0 Å². The SMILES string of the molecule is C=CN.CC(C)CC(C)c1cccc(N)c1. The Hall–Kier alpha value is -1.44. The Morgan fingerprint density at radius 3 is 2.31 bits per heavy atom. The number of benzene rings is 1. The predicted octanol–water partition coefficient (Wildman–Crippen LogP) is 3.51. The second kappa shape index (κ2) is 7.80. The molecule has 0 aliphatic heterocycles. The van der Waals surface area contributed by atoms with Gasteiger partial charge in [-0.3, -0.25) is 0 Å². The Morgan fingerprint density at radius 2 is 1.88 bits per heavy atom. The van der Waals surface area contributed by atoms with Gasteiger partial charge in [-0.1, -0.05) is 39.5 Å². The van der Waals surface area contributed by atoms with Crippen molar-refractivity contribution in [3.05, 3.63) is 42.6 Å². The standard InChI is InChI=1S/C12H19N.C2H5N/c1-9(2)7-10(3)11-5-4-6-12(13)8-11;1-2-3/h4-6,8-10H,7,13H2,1-3H3;2H,1,3H2. The Labute approximate surface area is 99.3 Å². The van der Waals surface area contributed by atoms with Crippen molar-refractivity contribution in [2.24, 2.45) is 11.7 Å². The van der Waals surface area contributed by atoms with E-state index in [1.165, 1.54) is 18.2 Å². The maximum atomic E-state index is 5.73. The molecular formula is C14H24N2. The molecule has 0 heterocycles. The minimum Gasteiger partial charge on any atom is -0.405 e. The third-order valence-electron chi connectivity index (χ3n) is 2.30. The fourth-order valence-electron chi connectivity index (χ4n) is 1.71. The van der Waals surface area contributed by atoms with Crippen molar-refractivity contribution in [2.75, 3.05) is 5.73 Å². The monoisotopic (exact) mass is 220 g/mol.